The van der Waals surface area contributed by atoms with Gasteiger partial charge in [0.05, 0.1) is 0 Å². The zero-order chi connectivity index (χ0) is 13.1. The first-order valence-corrected chi connectivity index (χ1v) is 7.39. The average Bonchev–Trinajstić information content (AvgIpc) is 2.18. The predicted octanol–water partition coefficient (Wildman–Crippen LogP) is 3.26. The van der Waals surface area contributed by atoms with Crippen molar-refractivity contribution in [3.8, 4) is 0 Å². The number of nitrogens with two attached hydrogens (primary N) is 1. The monoisotopic (exact) mass is 240 g/mol. The molecule has 2 atom stereocenters. The molecule has 0 spiro atoms. The second-order valence-corrected chi connectivity index (χ2v) is 6.77. The van der Waals surface area contributed by atoms with Gasteiger partial charge in [-0.2, -0.15) is 0 Å². The molecule has 2 nitrogen and oxygen atoms in total. The van der Waals surface area contributed by atoms with E-state index in [9.17, 15) is 0 Å². The van der Waals surface area contributed by atoms with Crippen molar-refractivity contribution in [1.82, 2.24) is 4.90 Å². The van der Waals surface area contributed by atoms with Crippen molar-refractivity contribution in [2.75, 3.05) is 13.1 Å². The van der Waals surface area contributed by atoms with Crippen LogP contribution in [0.3, 0.4) is 0 Å². The maximum Gasteiger partial charge on any atom is 0.0295 e. The second kappa shape index (κ2) is 6.19. The summed E-state index contributed by atoms with van der Waals surface area (Å²) in [5, 5.41) is 0. The van der Waals surface area contributed by atoms with Gasteiger partial charge < -0.3 is 5.73 Å². The topological polar surface area (TPSA) is 29.3 Å². The fraction of sp³-hybridized carbons (Fsp3) is 1.00. The standard InChI is InChI=1S/C15H32N2/c1-6-13(16)14(15(3,4)5)17(7-2)11-12-9-8-10-12/h12-14H,6-11,16H2,1-5H3. The molecule has 2 heteroatoms. The Balaban J connectivity index is 2.70. The molecule has 0 saturated heterocycles. The van der Waals surface area contributed by atoms with Gasteiger partial charge in [0.2, 0.25) is 0 Å². The Kier molecular flexibility index (Phi) is 5.46. The van der Waals surface area contributed by atoms with Crippen molar-refractivity contribution in [2.45, 2.75) is 72.4 Å². The van der Waals surface area contributed by atoms with Gasteiger partial charge in [0.25, 0.3) is 0 Å². The van der Waals surface area contributed by atoms with E-state index < -0.39 is 0 Å². The lowest BCUT2D eigenvalue weighted by Crippen LogP contribution is -2.55. The van der Waals surface area contributed by atoms with E-state index in [1.165, 1.54) is 25.8 Å². The minimum atomic E-state index is 0.273. The third-order valence-electron chi connectivity index (χ3n) is 4.28. The lowest BCUT2D eigenvalue weighted by molar-refractivity contribution is 0.0533. The maximum absolute atomic E-state index is 6.37. The third-order valence-corrected chi connectivity index (χ3v) is 4.28. The molecule has 102 valence electrons. The van der Waals surface area contributed by atoms with Crippen LogP contribution in [0.15, 0.2) is 0 Å². The largest absolute Gasteiger partial charge is 0.326 e. The van der Waals surface area contributed by atoms with Crippen LogP contribution in [-0.4, -0.2) is 30.1 Å². The third kappa shape index (κ3) is 3.96. The van der Waals surface area contributed by atoms with Gasteiger partial charge in [0.1, 0.15) is 0 Å². The van der Waals surface area contributed by atoms with E-state index in [-0.39, 0.29) is 5.41 Å². The lowest BCUT2D eigenvalue weighted by Gasteiger charge is -2.45. The van der Waals surface area contributed by atoms with E-state index in [0.29, 0.717) is 12.1 Å². The zero-order valence-corrected chi connectivity index (χ0v) is 12.5. The first kappa shape index (κ1) is 15.0. The fourth-order valence-corrected chi connectivity index (χ4v) is 3.13. The van der Waals surface area contributed by atoms with Gasteiger partial charge in [-0.05, 0) is 37.1 Å². The highest BCUT2D eigenvalue weighted by molar-refractivity contribution is 4.91. The van der Waals surface area contributed by atoms with Gasteiger partial charge in [-0.25, -0.2) is 0 Å². The summed E-state index contributed by atoms with van der Waals surface area (Å²) < 4.78 is 0. The van der Waals surface area contributed by atoms with Gasteiger partial charge in [-0.15, -0.1) is 0 Å². The molecule has 2 unspecified atom stereocenters. The summed E-state index contributed by atoms with van der Waals surface area (Å²) in [6.07, 6.45) is 5.36. The van der Waals surface area contributed by atoms with Crippen LogP contribution in [0.1, 0.15) is 60.3 Å². The van der Waals surface area contributed by atoms with Crippen molar-refractivity contribution in [1.29, 1.82) is 0 Å². The van der Waals surface area contributed by atoms with Crippen LogP contribution in [0, 0.1) is 11.3 Å². The Morgan fingerprint density at radius 3 is 2.12 bits per heavy atom. The highest BCUT2D eigenvalue weighted by atomic mass is 15.2. The molecule has 0 radical (unpaired) electrons. The number of likely N-dealkylation sites (N-methyl/N-ethyl adjacent to an activating group) is 1. The van der Waals surface area contributed by atoms with E-state index in [1.54, 1.807) is 0 Å². The molecular weight excluding hydrogens is 208 g/mol. The normalized spacial score (nSPS) is 21.4. The molecule has 0 amide bonds. The van der Waals surface area contributed by atoms with Crippen molar-refractivity contribution in [3.63, 3.8) is 0 Å². The maximum atomic E-state index is 6.37. The van der Waals surface area contributed by atoms with Crippen LogP contribution >= 0.6 is 0 Å². The van der Waals surface area contributed by atoms with Crippen LogP contribution in [-0.2, 0) is 0 Å². The predicted molar refractivity (Wildman–Crippen MR) is 76.1 cm³/mol. The SMILES string of the molecule is CCC(N)C(N(CC)CC1CCC1)C(C)(C)C. The molecule has 0 aromatic rings. The van der Waals surface area contributed by atoms with Crippen LogP contribution in [0.4, 0.5) is 0 Å². The summed E-state index contributed by atoms with van der Waals surface area (Å²) in [6.45, 7) is 13.9. The molecular formula is C15H32N2. The zero-order valence-electron chi connectivity index (χ0n) is 12.5. The number of hydrogen-bond acceptors (Lipinski definition) is 2. The molecule has 1 fully saturated rings. The van der Waals surface area contributed by atoms with Gasteiger partial charge in [0, 0.05) is 18.6 Å². The quantitative estimate of drug-likeness (QED) is 0.772. The van der Waals surface area contributed by atoms with Gasteiger partial charge in [-0.3, -0.25) is 4.90 Å². The minimum absolute atomic E-state index is 0.273. The molecule has 0 aliphatic heterocycles. The first-order chi connectivity index (χ1) is 7.90. The van der Waals surface area contributed by atoms with Gasteiger partial charge in [0.15, 0.2) is 0 Å². The average molecular weight is 240 g/mol. The molecule has 1 saturated carbocycles. The molecule has 1 aliphatic rings. The summed E-state index contributed by atoms with van der Waals surface area (Å²) in [4.78, 5) is 2.64. The summed E-state index contributed by atoms with van der Waals surface area (Å²) in [5.74, 6) is 0.934. The molecule has 1 rings (SSSR count). The Labute approximate surface area is 108 Å². The molecule has 17 heavy (non-hydrogen) atoms. The Hall–Kier alpha value is -0.0800. The summed E-state index contributed by atoms with van der Waals surface area (Å²) in [6, 6.07) is 0.813. The number of nitrogens with zero attached hydrogens (tertiary/aromatic N) is 1. The van der Waals surface area contributed by atoms with Crippen molar-refractivity contribution < 1.29 is 0 Å². The smallest absolute Gasteiger partial charge is 0.0295 e. The van der Waals surface area contributed by atoms with E-state index >= 15 is 0 Å². The molecule has 2 N–H and O–H groups in total. The van der Waals surface area contributed by atoms with Crippen LogP contribution in [0.2, 0.25) is 0 Å². The molecule has 0 aromatic heterocycles. The van der Waals surface area contributed by atoms with Crippen LogP contribution < -0.4 is 5.73 Å². The van der Waals surface area contributed by atoms with Crippen molar-refractivity contribution in [2.24, 2.45) is 17.1 Å². The number of rotatable bonds is 6. The Morgan fingerprint density at radius 1 is 1.24 bits per heavy atom. The Bertz CT molecular complexity index is 215. The second-order valence-electron chi connectivity index (χ2n) is 6.77. The molecule has 0 aromatic carbocycles. The molecule has 0 bridgehead atoms. The van der Waals surface area contributed by atoms with Crippen LogP contribution in [0.5, 0.6) is 0 Å². The highest BCUT2D eigenvalue weighted by Gasteiger charge is 2.35. The van der Waals surface area contributed by atoms with E-state index in [0.717, 1.165) is 18.9 Å². The summed E-state index contributed by atoms with van der Waals surface area (Å²) in [5.41, 5.74) is 6.65. The van der Waals surface area contributed by atoms with E-state index in [4.69, 9.17) is 5.73 Å². The summed E-state index contributed by atoms with van der Waals surface area (Å²) >= 11 is 0. The van der Waals surface area contributed by atoms with Crippen molar-refractivity contribution in [3.05, 3.63) is 0 Å². The first-order valence-electron chi connectivity index (χ1n) is 7.39. The summed E-state index contributed by atoms with van der Waals surface area (Å²) in [7, 11) is 0. The Morgan fingerprint density at radius 2 is 1.82 bits per heavy atom. The van der Waals surface area contributed by atoms with Gasteiger partial charge in [-0.1, -0.05) is 41.0 Å². The van der Waals surface area contributed by atoms with Crippen LogP contribution in [0.25, 0.3) is 0 Å². The highest BCUT2D eigenvalue weighted by Crippen LogP contribution is 2.32. The number of hydrogen-bond donors (Lipinski definition) is 1. The molecule has 1 aliphatic carbocycles. The van der Waals surface area contributed by atoms with E-state index in [2.05, 4.69) is 39.5 Å². The van der Waals surface area contributed by atoms with E-state index in [1.807, 2.05) is 0 Å². The molecule has 0 heterocycles. The fourth-order valence-electron chi connectivity index (χ4n) is 3.13. The van der Waals surface area contributed by atoms with Gasteiger partial charge >= 0.3 is 0 Å². The minimum Gasteiger partial charge on any atom is -0.326 e. The lowest BCUT2D eigenvalue weighted by atomic mass is 9.78. The van der Waals surface area contributed by atoms with Crippen molar-refractivity contribution >= 4 is 0 Å².